The Morgan fingerprint density at radius 2 is 1.91 bits per heavy atom. The molecule has 4 heterocycles. The highest BCUT2D eigenvalue weighted by Crippen LogP contribution is 2.31. The van der Waals surface area contributed by atoms with Crippen LogP contribution in [0.4, 0.5) is 16.4 Å². The molecule has 1 aromatic carbocycles. The Labute approximate surface area is 188 Å². The van der Waals surface area contributed by atoms with Crippen molar-refractivity contribution in [3.63, 3.8) is 0 Å². The first-order valence-electron chi connectivity index (χ1n) is 10.5. The second-order valence-corrected chi connectivity index (χ2v) is 7.94. The third kappa shape index (κ3) is 3.69. The van der Waals surface area contributed by atoms with E-state index in [4.69, 9.17) is 4.74 Å². The second kappa shape index (κ2) is 8.04. The molecule has 2 N–H and O–H groups in total. The van der Waals surface area contributed by atoms with Gasteiger partial charge in [-0.25, -0.2) is 14.8 Å². The van der Waals surface area contributed by atoms with Crippen molar-refractivity contribution in [1.82, 2.24) is 29.8 Å². The summed E-state index contributed by atoms with van der Waals surface area (Å²) in [5, 5.41) is 9.72. The lowest BCUT2D eigenvalue weighted by Crippen LogP contribution is -2.55. The van der Waals surface area contributed by atoms with Gasteiger partial charge in [-0.2, -0.15) is 9.61 Å². The number of hydrogen-bond donors (Lipinski definition) is 2. The highest BCUT2D eigenvalue weighted by atomic mass is 16.5. The molecule has 2 aliphatic heterocycles. The number of rotatable bonds is 5. The summed E-state index contributed by atoms with van der Waals surface area (Å²) < 4.78 is 6.73. The molecule has 2 fully saturated rings. The van der Waals surface area contributed by atoms with Crippen LogP contribution in [0.25, 0.3) is 5.65 Å². The number of carbonyl (C=O) groups is 3. The van der Waals surface area contributed by atoms with E-state index in [9.17, 15) is 14.4 Å². The number of fused-ring (bicyclic) bond motifs is 1. The minimum absolute atomic E-state index is 0.359. The first kappa shape index (κ1) is 20.7. The Balaban J connectivity index is 1.24. The zero-order valence-corrected chi connectivity index (χ0v) is 17.9. The van der Waals surface area contributed by atoms with Gasteiger partial charge in [-0.05, 0) is 37.1 Å². The van der Waals surface area contributed by atoms with E-state index in [0.717, 1.165) is 4.90 Å². The summed E-state index contributed by atoms with van der Waals surface area (Å²) in [7, 11) is 1.55. The van der Waals surface area contributed by atoms with Crippen molar-refractivity contribution in [3.8, 4) is 5.75 Å². The number of urea groups is 1. The van der Waals surface area contributed by atoms with Crippen LogP contribution in [0.3, 0.4) is 0 Å². The molecule has 2 saturated heterocycles. The molecule has 0 atom stereocenters. The first-order chi connectivity index (χ1) is 16.0. The fourth-order valence-electron chi connectivity index (χ4n) is 4.22. The summed E-state index contributed by atoms with van der Waals surface area (Å²) in [6.07, 6.45) is 3.90. The molecular formula is C21H22N8O4. The number of benzene rings is 1. The summed E-state index contributed by atoms with van der Waals surface area (Å²) in [5.41, 5.74) is 0.204. The largest absolute Gasteiger partial charge is 0.497 e. The fraction of sp³-hybridized carbons (Fsp3) is 0.333. The molecule has 3 aromatic rings. The van der Waals surface area contributed by atoms with Gasteiger partial charge < -0.3 is 20.3 Å². The van der Waals surface area contributed by atoms with Crippen molar-refractivity contribution in [2.45, 2.75) is 18.4 Å². The van der Waals surface area contributed by atoms with E-state index in [1.807, 2.05) is 4.90 Å². The van der Waals surface area contributed by atoms with Crippen LogP contribution in [0.2, 0.25) is 0 Å². The number of aromatic nitrogens is 4. The minimum atomic E-state index is -1.02. The van der Waals surface area contributed by atoms with Crippen molar-refractivity contribution in [3.05, 3.63) is 42.9 Å². The maximum Gasteiger partial charge on any atom is 0.325 e. The molecule has 33 heavy (non-hydrogen) atoms. The maximum atomic E-state index is 13.2. The van der Waals surface area contributed by atoms with E-state index in [-0.39, 0.29) is 12.5 Å². The van der Waals surface area contributed by atoms with Gasteiger partial charge in [0.2, 0.25) is 11.9 Å². The Bertz CT molecular complexity index is 1220. The molecule has 170 valence electrons. The van der Waals surface area contributed by atoms with Gasteiger partial charge in [0.15, 0.2) is 5.65 Å². The van der Waals surface area contributed by atoms with Crippen LogP contribution in [0.1, 0.15) is 12.8 Å². The van der Waals surface area contributed by atoms with Crippen LogP contribution in [-0.2, 0) is 9.59 Å². The third-order valence-electron chi connectivity index (χ3n) is 6.00. The third-order valence-corrected chi connectivity index (χ3v) is 6.00. The molecule has 1 spiro atoms. The van der Waals surface area contributed by atoms with Crippen LogP contribution in [0, 0.1) is 0 Å². The molecule has 0 unspecified atom stereocenters. The number of hydrogen-bond acceptors (Lipinski definition) is 8. The molecule has 0 aliphatic carbocycles. The Morgan fingerprint density at radius 3 is 2.64 bits per heavy atom. The van der Waals surface area contributed by atoms with E-state index >= 15 is 0 Å². The molecule has 5 rings (SSSR count). The van der Waals surface area contributed by atoms with Crippen molar-refractivity contribution in [2.75, 3.05) is 37.0 Å². The smallest absolute Gasteiger partial charge is 0.325 e. The second-order valence-electron chi connectivity index (χ2n) is 7.94. The van der Waals surface area contributed by atoms with E-state index < -0.39 is 17.5 Å². The van der Waals surface area contributed by atoms with Gasteiger partial charge >= 0.3 is 6.03 Å². The predicted molar refractivity (Wildman–Crippen MR) is 117 cm³/mol. The van der Waals surface area contributed by atoms with Crippen molar-refractivity contribution < 1.29 is 19.1 Å². The predicted octanol–water partition coefficient (Wildman–Crippen LogP) is 0.662. The number of ether oxygens (including phenoxy) is 1. The first-order valence-corrected chi connectivity index (χ1v) is 10.5. The van der Waals surface area contributed by atoms with Crippen LogP contribution in [-0.4, -0.2) is 74.6 Å². The Kier molecular flexibility index (Phi) is 5.04. The maximum absolute atomic E-state index is 13.2. The van der Waals surface area contributed by atoms with Gasteiger partial charge in [-0.15, -0.1) is 0 Å². The lowest BCUT2D eigenvalue weighted by molar-refractivity contribution is -0.134. The SMILES string of the molecule is COc1ccc(NC(=O)CN2C(=O)NC3(CCN(c4nccc5ncnn45)CC3)C2=O)cc1. The number of nitrogens with zero attached hydrogens (tertiary/aromatic N) is 6. The number of anilines is 2. The Morgan fingerprint density at radius 1 is 1.15 bits per heavy atom. The molecule has 0 saturated carbocycles. The average molecular weight is 450 g/mol. The van der Waals surface area contributed by atoms with Gasteiger partial charge in [-0.1, -0.05) is 0 Å². The summed E-state index contributed by atoms with van der Waals surface area (Å²) in [5.74, 6) is 0.446. The highest BCUT2D eigenvalue weighted by molar-refractivity contribution is 6.10. The van der Waals surface area contributed by atoms with E-state index in [0.29, 0.717) is 49.0 Å². The summed E-state index contributed by atoms with van der Waals surface area (Å²) in [6.45, 7) is 0.621. The number of nitrogens with one attached hydrogen (secondary N) is 2. The molecule has 0 bridgehead atoms. The van der Waals surface area contributed by atoms with Crippen LogP contribution in [0.15, 0.2) is 42.9 Å². The standard InChI is InChI=1S/C21H22N8O4/c1-33-15-4-2-14(3-5-15)25-17(30)12-28-18(31)21(26-20(28)32)7-10-27(11-8-21)19-22-9-6-16-23-13-24-29(16)19/h2-6,9,13H,7-8,10-12H2,1H3,(H,25,30)(H,26,32). The lowest BCUT2D eigenvalue weighted by atomic mass is 9.87. The zero-order valence-electron chi connectivity index (χ0n) is 17.9. The van der Waals surface area contributed by atoms with Crippen molar-refractivity contribution in [1.29, 1.82) is 0 Å². The quantitative estimate of drug-likeness (QED) is 0.542. The normalized spacial score (nSPS) is 17.5. The van der Waals surface area contributed by atoms with E-state index in [2.05, 4.69) is 25.7 Å². The van der Waals surface area contributed by atoms with Gasteiger partial charge in [0.05, 0.1) is 7.11 Å². The number of carbonyl (C=O) groups excluding carboxylic acids is 3. The highest BCUT2D eigenvalue weighted by Gasteiger charge is 2.53. The monoisotopic (exact) mass is 450 g/mol. The fourth-order valence-corrected chi connectivity index (χ4v) is 4.22. The van der Waals surface area contributed by atoms with Crippen LogP contribution < -0.4 is 20.3 Å². The zero-order chi connectivity index (χ0) is 23.0. The number of imide groups is 1. The molecule has 2 aromatic heterocycles. The van der Waals surface area contributed by atoms with Gasteiger partial charge in [0.1, 0.15) is 24.2 Å². The molecule has 0 radical (unpaired) electrons. The summed E-state index contributed by atoms with van der Waals surface area (Å²) in [6, 6.07) is 7.99. The van der Waals surface area contributed by atoms with Crippen LogP contribution in [0.5, 0.6) is 5.75 Å². The van der Waals surface area contributed by atoms with Crippen molar-refractivity contribution in [2.24, 2.45) is 0 Å². The summed E-state index contributed by atoms with van der Waals surface area (Å²) in [4.78, 5) is 49.8. The molecule has 4 amide bonds. The van der Waals surface area contributed by atoms with Gasteiger partial charge in [-0.3, -0.25) is 14.5 Å². The van der Waals surface area contributed by atoms with Crippen molar-refractivity contribution >= 4 is 35.1 Å². The number of piperidine rings is 1. The van der Waals surface area contributed by atoms with Gasteiger partial charge in [0.25, 0.3) is 5.91 Å². The topological polar surface area (TPSA) is 134 Å². The lowest BCUT2D eigenvalue weighted by Gasteiger charge is -2.37. The van der Waals surface area contributed by atoms with Gasteiger partial charge in [0, 0.05) is 31.0 Å². The molecule has 12 nitrogen and oxygen atoms in total. The molecule has 2 aliphatic rings. The summed E-state index contributed by atoms with van der Waals surface area (Å²) >= 11 is 0. The number of methoxy groups -OCH3 is 1. The number of amides is 4. The van der Waals surface area contributed by atoms with E-state index in [1.165, 1.54) is 6.33 Å². The average Bonchev–Trinajstić information content (AvgIpc) is 3.39. The van der Waals surface area contributed by atoms with E-state index in [1.54, 1.807) is 48.2 Å². The Hall–Kier alpha value is -4.22. The molecular weight excluding hydrogens is 428 g/mol. The minimum Gasteiger partial charge on any atom is -0.497 e. The molecule has 12 heteroatoms. The van der Waals surface area contributed by atoms with Crippen LogP contribution >= 0.6 is 0 Å².